The molecule has 0 fully saturated rings. The second-order valence-electron chi connectivity index (χ2n) is 3.16. The van der Waals surface area contributed by atoms with Gasteiger partial charge in [0.2, 0.25) is 0 Å². The Morgan fingerprint density at radius 1 is 1.13 bits per heavy atom. The van der Waals surface area contributed by atoms with Crippen molar-refractivity contribution in [3.05, 3.63) is 53.2 Å². The first kappa shape index (κ1) is 10.5. The summed E-state index contributed by atoms with van der Waals surface area (Å²) in [4.78, 5) is 4.32. The van der Waals surface area contributed by atoms with Gasteiger partial charge >= 0.3 is 0 Å². The smallest absolute Gasteiger partial charge is 0.0746 e. The van der Waals surface area contributed by atoms with Crippen LogP contribution >= 0.6 is 23.2 Å². The van der Waals surface area contributed by atoms with Gasteiger partial charge in [-0.25, -0.2) is 0 Å². The summed E-state index contributed by atoms with van der Waals surface area (Å²) in [6.07, 6.45) is 1.76. The van der Waals surface area contributed by atoms with Crippen LogP contribution in [0.15, 0.2) is 42.6 Å². The van der Waals surface area contributed by atoms with E-state index in [4.69, 9.17) is 23.2 Å². The zero-order chi connectivity index (χ0) is 10.7. The molecular weight excluding hydrogens is 229 g/mol. The maximum absolute atomic E-state index is 5.93. The highest BCUT2D eigenvalue weighted by atomic mass is 35.5. The fraction of sp³-hybridized carbons (Fsp3) is 0.0833. The average molecular weight is 238 g/mol. The van der Waals surface area contributed by atoms with Crippen LogP contribution in [0.3, 0.4) is 0 Å². The highest BCUT2D eigenvalue weighted by Gasteiger charge is 2.04. The van der Waals surface area contributed by atoms with Crippen LogP contribution in [0.2, 0.25) is 5.02 Å². The normalized spacial score (nSPS) is 10.3. The number of aromatic nitrogens is 1. The monoisotopic (exact) mass is 237 g/mol. The molecule has 0 radical (unpaired) electrons. The van der Waals surface area contributed by atoms with E-state index in [2.05, 4.69) is 4.98 Å². The number of nitrogens with zero attached hydrogens (tertiary/aromatic N) is 1. The number of benzene rings is 1. The van der Waals surface area contributed by atoms with Gasteiger partial charge in [0.05, 0.1) is 5.69 Å². The minimum absolute atomic E-state index is 0.454. The van der Waals surface area contributed by atoms with Gasteiger partial charge < -0.3 is 0 Å². The van der Waals surface area contributed by atoms with Gasteiger partial charge in [-0.1, -0.05) is 29.8 Å². The molecule has 0 aliphatic rings. The lowest BCUT2D eigenvalue weighted by Crippen LogP contribution is -1.89. The predicted octanol–water partition coefficient (Wildman–Crippen LogP) is 4.14. The number of pyridine rings is 1. The Morgan fingerprint density at radius 2 is 2.00 bits per heavy atom. The molecule has 0 bridgehead atoms. The van der Waals surface area contributed by atoms with E-state index in [0.29, 0.717) is 10.9 Å². The molecule has 0 amide bonds. The Morgan fingerprint density at radius 3 is 2.73 bits per heavy atom. The molecule has 0 unspecified atom stereocenters. The van der Waals surface area contributed by atoms with E-state index in [1.54, 1.807) is 6.20 Å². The Balaban J connectivity index is 2.53. The summed E-state index contributed by atoms with van der Waals surface area (Å²) in [5.74, 6) is 0.454. The summed E-state index contributed by atoms with van der Waals surface area (Å²) in [5, 5.41) is 0.707. The first-order valence-corrected chi connectivity index (χ1v) is 5.48. The lowest BCUT2D eigenvalue weighted by Gasteiger charge is -2.05. The van der Waals surface area contributed by atoms with Gasteiger partial charge in [0, 0.05) is 22.7 Å². The fourth-order valence-electron chi connectivity index (χ4n) is 1.44. The lowest BCUT2D eigenvalue weighted by molar-refractivity contribution is 1.25. The molecule has 0 spiro atoms. The molecule has 1 nitrogen and oxygen atoms in total. The minimum Gasteiger partial charge on any atom is -0.256 e. The van der Waals surface area contributed by atoms with Gasteiger partial charge in [-0.3, -0.25) is 4.98 Å². The zero-order valence-electron chi connectivity index (χ0n) is 7.95. The molecule has 1 heterocycles. The van der Waals surface area contributed by atoms with Crippen molar-refractivity contribution < 1.29 is 0 Å². The Labute approximate surface area is 98.7 Å². The van der Waals surface area contributed by atoms with E-state index in [9.17, 15) is 0 Å². The molecule has 15 heavy (non-hydrogen) atoms. The van der Waals surface area contributed by atoms with Crippen LogP contribution in [0, 0.1) is 0 Å². The Hall–Kier alpha value is -1.05. The molecule has 0 N–H and O–H groups in total. The molecule has 1 aromatic carbocycles. The Kier molecular flexibility index (Phi) is 3.24. The van der Waals surface area contributed by atoms with Crippen molar-refractivity contribution in [2.45, 2.75) is 5.88 Å². The zero-order valence-corrected chi connectivity index (χ0v) is 9.46. The van der Waals surface area contributed by atoms with Gasteiger partial charge in [0.25, 0.3) is 0 Å². The molecule has 2 rings (SSSR count). The van der Waals surface area contributed by atoms with Crippen molar-refractivity contribution >= 4 is 23.2 Å². The summed E-state index contributed by atoms with van der Waals surface area (Å²) in [6, 6.07) is 11.5. The van der Waals surface area contributed by atoms with E-state index in [1.165, 1.54) is 0 Å². The number of hydrogen-bond acceptors (Lipinski definition) is 1. The lowest BCUT2D eigenvalue weighted by atomic mass is 10.1. The van der Waals surface area contributed by atoms with Crippen LogP contribution in [0.1, 0.15) is 5.56 Å². The molecule has 2 aromatic rings. The minimum atomic E-state index is 0.454. The average Bonchev–Trinajstić information content (AvgIpc) is 2.29. The fourth-order valence-corrected chi connectivity index (χ4v) is 1.85. The molecule has 3 heteroatoms. The van der Waals surface area contributed by atoms with Crippen LogP contribution in [-0.2, 0) is 5.88 Å². The van der Waals surface area contributed by atoms with E-state index >= 15 is 0 Å². The molecule has 0 saturated heterocycles. The maximum Gasteiger partial charge on any atom is 0.0746 e. The summed E-state index contributed by atoms with van der Waals surface area (Å²) >= 11 is 11.8. The third-order valence-corrected chi connectivity index (χ3v) is 2.66. The van der Waals surface area contributed by atoms with E-state index in [1.807, 2.05) is 36.4 Å². The second kappa shape index (κ2) is 4.65. The predicted molar refractivity (Wildman–Crippen MR) is 64.2 cm³/mol. The second-order valence-corrected chi connectivity index (χ2v) is 3.86. The molecule has 0 aliphatic carbocycles. The Bertz CT molecular complexity index is 469. The van der Waals surface area contributed by atoms with Gasteiger partial charge in [0.1, 0.15) is 0 Å². The van der Waals surface area contributed by atoms with Gasteiger partial charge in [-0.05, 0) is 23.8 Å². The van der Waals surface area contributed by atoms with Gasteiger partial charge in [-0.15, -0.1) is 11.6 Å². The number of rotatable bonds is 2. The summed E-state index contributed by atoms with van der Waals surface area (Å²) in [7, 11) is 0. The first-order valence-electron chi connectivity index (χ1n) is 4.57. The number of alkyl halides is 1. The molecular formula is C12H9Cl2N. The van der Waals surface area contributed by atoms with E-state index in [-0.39, 0.29) is 0 Å². The van der Waals surface area contributed by atoms with E-state index in [0.717, 1.165) is 16.8 Å². The first-order chi connectivity index (χ1) is 7.31. The highest BCUT2D eigenvalue weighted by molar-refractivity contribution is 6.30. The molecule has 76 valence electrons. The van der Waals surface area contributed by atoms with Crippen molar-refractivity contribution in [3.63, 3.8) is 0 Å². The SMILES string of the molecule is ClCc1cccnc1-c1cccc(Cl)c1. The molecule has 0 atom stereocenters. The third kappa shape index (κ3) is 2.31. The topological polar surface area (TPSA) is 12.9 Å². The maximum atomic E-state index is 5.93. The third-order valence-electron chi connectivity index (χ3n) is 2.13. The van der Waals surface area contributed by atoms with Crippen molar-refractivity contribution in [2.24, 2.45) is 0 Å². The van der Waals surface area contributed by atoms with E-state index < -0.39 is 0 Å². The summed E-state index contributed by atoms with van der Waals surface area (Å²) in [5.41, 5.74) is 2.91. The van der Waals surface area contributed by atoms with Crippen molar-refractivity contribution in [1.82, 2.24) is 4.98 Å². The molecule has 0 aliphatic heterocycles. The standard InChI is InChI=1S/C12H9Cl2N/c13-8-10-4-2-6-15-12(10)9-3-1-5-11(14)7-9/h1-7H,8H2. The molecule has 0 saturated carbocycles. The number of hydrogen-bond donors (Lipinski definition) is 0. The van der Waals surface area contributed by atoms with Gasteiger partial charge in [0.15, 0.2) is 0 Å². The van der Waals surface area contributed by atoms with Crippen molar-refractivity contribution in [2.75, 3.05) is 0 Å². The summed E-state index contributed by atoms with van der Waals surface area (Å²) in [6.45, 7) is 0. The van der Waals surface area contributed by atoms with Crippen LogP contribution in [0.5, 0.6) is 0 Å². The summed E-state index contributed by atoms with van der Waals surface area (Å²) < 4.78 is 0. The quantitative estimate of drug-likeness (QED) is 0.716. The molecule has 1 aromatic heterocycles. The largest absolute Gasteiger partial charge is 0.256 e. The number of halogens is 2. The van der Waals surface area contributed by atoms with Crippen LogP contribution in [-0.4, -0.2) is 4.98 Å². The van der Waals surface area contributed by atoms with Crippen LogP contribution in [0.25, 0.3) is 11.3 Å². The van der Waals surface area contributed by atoms with Crippen molar-refractivity contribution in [3.8, 4) is 11.3 Å². The highest BCUT2D eigenvalue weighted by Crippen LogP contribution is 2.24. The van der Waals surface area contributed by atoms with Gasteiger partial charge in [-0.2, -0.15) is 0 Å². The van der Waals surface area contributed by atoms with Crippen LogP contribution in [0.4, 0.5) is 0 Å². The van der Waals surface area contributed by atoms with Crippen LogP contribution < -0.4 is 0 Å². The van der Waals surface area contributed by atoms with Crippen molar-refractivity contribution in [1.29, 1.82) is 0 Å².